The first-order valence-corrected chi connectivity index (χ1v) is 33.5. The van der Waals surface area contributed by atoms with E-state index in [1.165, 1.54) is 77.0 Å². The van der Waals surface area contributed by atoms with Gasteiger partial charge in [0.25, 0.3) is 0 Å². The first kappa shape index (κ1) is 74.4. The average molecular weight is 1110 g/mol. The zero-order valence-corrected chi connectivity index (χ0v) is 52.3. The lowest BCUT2D eigenvalue weighted by molar-refractivity contribution is -0.325. The fraction of sp³-hybridized carbons (Fsp3) is 0.969. The Morgan fingerprint density at radius 2 is 0.885 bits per heavy atom. The summed E-state index contributed by atoms with van der Waals surface area (Å²) in [6.45, 7) is 22.8. The summed E-state index contributed by atoms with van der Waals surface area (Å²) in [5.74, 6) is 0.0147. The summed E-state index contributed by atoms with van der Waals surface area (Å²) in [6.07, 6.45) is 36.6. The van der Waals surface area contributed by atoms with E-state index in [2.05, 4.69) is 66.0 Å². The van der Waals surface area contributed by atoms with E-state index in [-0.39, 0.29) is 24.7 Å². The monoisotopic (exact) mass is 1110 g/mol. The average Bonchev–Trinajstić information content (AvgIpc) is 3.47. The minimum Gasteiger partial charge on any atom is -0.450 e. The number of rotatable bonds is 59. The Hall–Kier alpha value is -1.58. The fourth-order valence-electron chi connectivity index (χ4n) is 9.90. The summed E-state index contributed by atoms with van der Waals surface area (Å²) in [6, 6.07) is -0.489. The second-order valence-corrected chi connectivity index (χ2v) is 22.5. The number of carbonyl (C=O) groups is 2. The van der Waals surface area contributed by atoms with E-state index < -0.39 is 42.9 Å². The Kier molecular flexibility index (Phi) is 53.4. The van der Waals surface area contributed by atoms with E-state index in [4.69, 9.17) is 42.6 Å². The molecule has 1 aliphatic heterocycles. The van der Waals surface area contributed by atoms with Gasteiger partial charge in [-0.15, -0.1) is 0 Å². The number of ether oxygens (including phenoxy) is 9. The highest BCUT2D eigenvalue weighted by molar-refractivity contribution is 5.76. The Labute approximate surface area is 481 Å². The summed E-state index contributed by atoms with van der Waals surface area (Å²) in [4.78, 5) is 26.1. The quantitative estimate of drug-likeness (QED) is 0.0562. The van der Waals surface area contributed by atoms with Gasteiger partial charge in [-0.2, -0.15) is 0 Å². The second kappa shape index (κ2) is 55.9. The maximum atomic E-state index is 14.3. The van der Waals surface area contributed by atoms with Crippen LogP contribution in [0.4, 0.5) is 4.79 Å². The van der Waals surface area contributed by atoms with Gasteiger partial charge in [0, 0.05) is 52.6 Å². The second-order valence-electron chi connectivity index (χ2n) is 22.5. The van der Waals surface area contributed by atoms with Gasteiger partial charge in [0.2, 0.25) is 5.91 Å². The highest BCUT2D eigenvalue weighted by Crippen LogP contribution is 2.31. The first-order valence-electron chi connectivity index (χ1n) is 33.5. The van der Waals surface area contributed by atoms with Crippen molar-refractivity contribution in [3.05, 3.63) is 0 Å². The number of alkyl carbamates (subject to hydrolysis) is 1. The lowest BCUT2D eigenvalue weighted by atomic mass is 9.97. The van der Waals surface area contributed by atoms with Gasteiger partial charge in [-0.05, 0) is 64.2 Å². The molecule has 0 aromatic carbocycles. The Bertz CT molecular complexity index is 1280. The van der Waals surface area contributed by atoms with Gasteiger partial charge < -0.3 is 53.3 Å². The molecule has 0 bridgehead atoms. The predicted octanol–water partition coefficient (Wildman–Crippen LogP) is 16.5. The van der Waals surface area contributed by atoms with Crippen LogP contribution in [-0.2, 0) is 47.4 Å². The van der Waals surface area contributed by atoms with Crippen LogP contribution in [0.5, 0.6) is 0 Å². The SMILES string of the molecule is CCCCCCCCCCCCCC[C@@H](OCCCC)[C@@H](OCCCC)[C@H](CO[C@H]1OC(COCCCC)[C@H](OCCCC)[C@H](OCCCC)C1OCCCC)NC(=O)CCCCCCCCCCCNC(=O)OCCCC. The number of hydrogen-bond acceptors (Lipinski definition) is 11. The maximum absolute atomic E-state index is 14.3. The van der Waals surface area contributed by atoms with Crippen molar-refractivity contribution >= 4 is 12.0 Å². The van der Waals surface area contributed by atoms with E-state index in [1.54, 1.807) is 0 Å². The van der Waals surface area contributed by atoms with Gasteiger partial charge >= 0.3 is 6.09 Å². The van der Waals surface area contributed by atoms with Crippen molar-refractivity contribution in [2.45, 2.75) is 342 Å². The third-order valence-corrected chi connectivity index (χ3v) is 15.1. The van der Waals surface area contributed by atoms with Crippen molar-refractivity contribution in [2.24, 2.45) is 0 Å². The summed E-state index contributed by atoms with van der Waals surface area (Å²) < 4.78 is 59.7. The maximum Gasteiger partial charge on any atom is 0.407 e. The van der Waals surface area contributed by atoms with Gasteiger partial charge in [0.15, 0.2) is 6.29 Å². The summed E-state index contributed by atoms with van der Waals surface area (Å²) >= 11 is 0. The zero-order chi connectivity index (χ0) is 56.8. The lowest BCUT2D eigenvalue weighted by Crippen LogP contribution is -2.63. The van der Waals surface area contributed by atoms with Crippen LogP contribution in [0.2, 0.25) is 0 Å². The molecule has 2 amide bonds. The smallest absolute Gasteiger partial charge is 0.407 e. The van der Waals surface area contributed by atoms with E-state index in [1.807, 2.05) is 0 Å². The van der Waals surface area contributed by atoms with Crippen LogP contribution in [0.15, 0.2) is 0 Å². The zero-order valence-electron chi connectivity index (χ0n) is 52.3. The molecule has 1 fully saturated rings. The van der Waals surface area contributed by atoms with E-state index in [0.29, 0.717) is 65.8 Å². The Morgan fingerprint density at radius 1 is 0.436 bits per heavy atom. The number of amides is 2. The lowest BCUT2D eigenvalue weighted by Gasteiger charge is -2.46. The molecule has 2 unspecified atom stereocenters. The molecule has 13 heteroatoms. The van der Waals surface area contributed by atoms with Gasteiger partial charge in [-0.1, -0.05) is 222 Å². The molecule has 1 aliphatic rings. The molecule has 1 saturated heterocycles. The Balaban J connectivity index is 3.38. The molecule has 1 rings (SSSR count). The molecule has 2 N–H and O–H groups in total. The molecule has 13 nitrogen and oxygen atoms in total. The van der Waals surface area contributed by atoms with Crippen molar-refractivity contribution in [1.82, 2.24) is 10.6 Å². The van der Waals surface area contributed by atoms with Crippen molar-refractivity contribution in [3.8, 4) is 0 Å². The van der Waals surface area contributed by atoms with E-state index >= 15 is 0 Å². The first-order chi connectivity index (χ1) is 38.3. The molecule has 8 atom stereocenters. The van der Waals surface area contributed by atoms with Crippen molar-refractivity contribution in [3.63, 3.8) is 0 Å². The van der Waals surface area contributed by atoms with Crippen LogP contribution in [-0.4, -0.2) is 127 Å². The van der Waals surface area contributed by atoms with Crippen LogP contribution in [0, 0.1) is 0 Å². The van der Waals surface area contributed by atoms with Gasteiger partial charge in [0.1, 0.15) is 30.5 Å². The topological polar surface area (TPSA) is 141 Å². The summed E-state index contributed by atoms with van der Waals surface area (Å²) in [7, 11) is 0. The predicted molar refractivity (Wildman–Crippen MR) is 322 cm³/mol. The van der Waals surface area contributed by atoms with Gasteiger partial charge in [-0.25, -0.2) is 4.79 Å². The highest BCUT2D eigenvalue weighted by Gasteiger charge is 2.49. The van der Waals surface area contributed by atoms with Crippen molar-refractivity contribution in [2.75, 3.05) is 66.0 Å². The van der Waals surface area contributed by atoms with Crippen LogP contribution in [0.1, 0.15) is 293 Å². The summed E-state index contributed by atoms with van der Waals surface area (Å²) in [5, 5.41) is 6.37. The third-order valence-electron chi connectivity index (χ3n) is 15.1. The molecule has 0 aromatic heterocycles. The fourth-order valence-corrected chi connectivity index (χ4v) is 9.90. The van der Waals surface area contributed by atoms with Crippen LogP contribution in [0.3, 0.4) is 0 Å². The van der Waals surface area contributed by atoms with Crippen LogP contribution in [0.25, 0.3) is 0 Å². The third kappa shape index (κ3) is 39.8. The highest BCUT2D eigenvalue weighted by atomic mass is 16.7. The molecule has 0 aliphatic carbocycles. The molecule has 0 aromatic rings. The minimum absolute atomic E-state index is 0.0147. The number of nitrogens with one attached hydrogen (secondary N) is 2. The van der Waals surface area contributed by atoms with Crippen LogP contribution >= 0.6 is 0 Å². The normalized spacial score (nSPS) is 18.7. The number of hydrogen-bond donors (Lipinski definition) is 2. The van der Waals surface area contributed by atoms with Crippen molar-refractivity contribution in [1.29, 1.82) is 0 Å². The molecular formula is C65H128N2O11. The minimum atomic E-state index is -0.790. The van der Waals surface area contributed by atoms with Crippen LogP contribution < -0.4 is 10.6 Å². The molecule has 78 heavy (non-hydrogen) atoms. The molecule has 0 saturated carbocycles. The molecule has 0 spiro atoms. The molecule has 0 radical (unpaired) electrons. The number of unbranched alkanes of at least 4 members (excludes halogenated alkanes) is 26. The van der Waals surface area contributed by atoms with E-state index in [0.717, 1.165) is 154 Å². The standard InChI is InChI=1S/C65H128N2O11/c1-9-17-25-26-27-28-29-30-32-35-38-41-44-57(71-48-19-11-3)60(72-49-20-12-4)56(67-59(68)45-42-39-36-33-31-34-37-40-43-46-66-65(69)76-53-24-16-8)54-77-64-63(75-52-23-15-7)62(74-51-22-14-6)61(73-50-21-13-5)58(78-64)55-70-47-18-10-2/h56-58,60-64H,9-55H2,1-8H3,(H,66,69)(H,67,68)/t56-,57+,58?,60-,61-,62-,63?,64-/m0/s1. The molecule has 464 valence electrons. The van der Waals surface area contributed by atoms with E-state index in [9.17, 15) is 9.59 Å². The number of carbonyl (C=O) groups excluding carboxylic acids is 2. The van der Waals surface area contributed by atoms with Gasteiger partial charge in [-0.3, -0.25) is 4.79 Å². The largest absolute Gasteiger partial charge is 0.450 e. The molecule has 1 heterocycles. The van der Waals surface area contributed by atoms with Crippen molar-refractivity contribution < 1.29 is 52.2 Å². The van der Waals surface area contributed by atoms with Gasteiger partial charge in [0.05, 0.1) is 32.0 Å². The molecular weight excluding hydrogens is 985 g/mol. The Morgan fingerprint density at radius 3 is 1.45 bits per heavy atom. The summed E-state index contributed by atoms with van der Waals surface area (Å²) in [5.41, 5.74) is 0.